The highest BCUT2D eigenvalue weighted by Crippen LogP contribution is 2.30. The molecular weight excluding hydrogens is 422 g/mol. The molecule has 174 valence electrons. The summed E-state index contributed by atoms with van der Waals surface area (Å²) in [5.41, 5.74) is -0.180. The van der Waals surface area contributed by atoms with Crippen molar-refractivity contribution in [3.8, 4) is 5.75 Å². The molecule has 0 amide bonds. The zero-order valence-electron chi connectivity index (χ0n) is 16.4. The zero-order valence-corrected chi connectivity index (χ0v) is 16.4. The van der Waals surface area contributed by atoms with E-state index in [-0.39, 0.29) is 11.4 Å². The first kappa shape index (κ1) is 23.7. The standard InChI is InChI=1S/C18H25NO12/c1-7-11(21)13(23)14(24)17(28-7)31-16-12(22)10(6-20)30-18(15(16)25)29-9-4-2-8(3-5-9)19(26)27/h2-5,7,10-18,20-25H,6H2,1H3/t7-,10-,11+,12+,13+,14-,15-,16+,17-,18-/m1/s1. The lowest BCUT2D eigenvalue weighted by molar-refractivity contribution is -0.384. The van der Waals surface area contributed by atoms with Gasteiger partial charge in [0.15, 0.2) is 6.29 Å². The first-order valence-electron chi connectivity index (χ1n) is 9.52. The highest BCUT2D eigenvalue weighted by Gasteiger charge is 2.50. The van der Waals surface area contributed by atoms with E-state index in [1.807, 2.05) is 0 Å². The Hall–Kier alpha value is -1.94. The van der Waals surface area contributed by atoms with E-state index in [0.29, 0.717) is 0 Å². The summed E-state index contributed by atoms with van der Waals surface area (Å²) in [7, 11) is 0. The predicted octanol–water partition coefficient (Wildman–Crippen LogP) is -2.37. The van der Waals surface area contributed by atoms with Gasteiger partial charge in [0.05, 0.1) is 17.6 Å². The summed E-state index contributed by atoms with van der Waals surface area (Å²) in [5.74, 6) is 0.0996. The lowest BCUT2D eigenvalue weighted by Crippen LogP contribution is -2.64. The van der Waals surface area contributed by atoms with E-state index >= 15 is 0 Å². The number of aliphatic hydroxyl groups excluding tert-OH is 6. The van der Waals surface area contributed by atoms with Gasteiger partial charge in [-0.15, -0.1) is 0 Å². The van der Waals surface area contributed by atoms with Crippen LogP contribution >= 0.6 is 0 Å². The van der Waals surface area contributed by atoms with Gasteiger partial charge in [-0.05, 0) is 19.1 Å². The summed E-state index contributed by atoms with van der Waals surface area (Å²) in [6.45, 7) is 0.768. The Morgan fingerprint density at radius 2 is 1.58 bits per heavy atom. The SMILES string of the molecule is C[C@H]1O[C@H](O[C@H]2[C@@H](O)[C@@H](CO)O[C@@H](Oc3ccc([N+](=O)[O-])cc3)[C@@H]2O)[C@H](O)[C@@H](O)[C@H]1O. The molecule has 2 heterocycles. The second-order valence-corrected chi connectivity index (χ2v) is 7.36. The monoisotopic (exact) mass is 447 g/mol. The van der Waals surface area contributed by atoms with Gasteiger partial charge in [-0.1, -0.05) is 0 Å². The second-order valence-electron chi connectivity index (χ2n) is 7.36. The van der Waals surface area contributed by atoms with Crippen LogP contribution in [0.4, 0.5) is 5.69 Å². The predicted molar refractivity (Wildman–Crippen MR) is 98.7 cm³/mol. The Morgan fingerprint density at radius 1 is 0.935 bits per heavy atom. The normalized spacial score (nSPS) is 41.0. The quantitative estimate of drug-likeness (QED) is 0.200. The molecular formula is C18H25NO12. The molecule has 6 N–H and O–H groups in total. The highest BCUT2D eigenvalue weighted by molar-refractivity contribution is 5.36. The Kier molecular flexibility index (Phi) is 7.41. The van der Waals surface area contributed by atoms with Crippen LogP contribution in [0.3, 0.4) is 0 Å². The third kappa shape index (κ3) is 4.95. The summed E-state index contributed by atoms with van der Waals surface area (Å²) >= 11 is 0. The topological polar surface area (TPSA) is 201 Å². The molecule has 0 aromatic heterocycles. The maximum atomic E-state index is 10.8. The Bertz CT molecular complexity index is 748. The van der Waals surface area contributed by atoms with Crippen molar-refractivity contribution in [3.05, 3.63) is 34.4 Å². The van der Waals surface area contributed by atoms with Crippen molar-refractivity contribution in [3.63, 3.8) is 0 Å². The van der Waals surface area contributed by atoms with Crippen molar-refractivity contribution in [2.75, 3.05) is 6.61 Å². The number of hydrogen-bond acceptors (Lipinski definition) is 12. The van der Waals surface area contributed by atoms with E-state index < -0.39 is 72.9 Å². The number of nitrogens with zero attached hydrogens (tertiary/aromatic N) is 1. The molecule has 31 heavy (non-hydrogen) atoms. The van der Waals surface area contributed by atoms with Gasteiger partial charge in [0.2, 0.25) is 6.29 Å². The van der Waals surface area contributed by atoms with E-state index in [4.69, 9.17) is 18.9 Å². The number of nitro benzene ring substituents is 1. The molecule has 1 aromatic rings. The number of non-ortho nitro benzene ring substituents is 1. The smallest absolute Gasteiger partial charge is 0.269 e. The molecule has 10 atom stereocenters. The molecule has 0 aliphatic carbocycles. The maximum Gasteiger partial charge on any atom is 0.269 e. The van der Waals surface area contributed by atoms with Crippen LogP contribution in [0.2, 0.25) is 0 Å². The van der Waals surface area contributed by atoms with Crippen molar-refractivity contribution in [2.24, 2.45) is 0 Å². The van der Waals surface area contributed by atoms with Gasteiger partial charge in [0, 0.05) is 12.1 Å². The minimum Gasteiger partial charge on any atom is -0.462 e. The summed E-state index contributed by atoms with van der Waals surface area (Å²) in [6.07, 6.45) is -14.5. The van der Waals surface area contributed by atoms with E-state index in [9.17, 15) is 40.8 Å². The molecule has 0 unspecified atom stereocenters. The van der Waals surface area contributed by atoms with E-state index in [1.54, 1.807) is 0 Å². The third-order valence-corrected chi connectivity index (χ3v) is 5.22. The third-order valence-electron chi connectivity index (χ3n) is 5.22. The zero-order chi connectivity index (χ0) is 22.9. The Balaban J connectivity index is 1.75. The second kappa shape index (κ2) is 9.68. The fourth-order valence-electron chi connectivity index (χ4n) is 3.37. The molecule has 0 spiro atoms. The van der Waals surface area contributed by atoms with Crippen LogP contribution in [0, 0.1) is 10.1 Å². The van der Waals surface area contributed by atoms with Gasteiger partial charge in [-0.2, -0.15) is 0 Å². The molecule has 0 saturated carbocycles. The van der Waals surface area contributed by atoms with Gasteiger partial charge in [-0.3, -0.25) is 10.1 Å². The van der Waals surface area contributed by atoms with E-state index in [1.165, 1.54) is 31.2 Å². The number of rotatable bonds is 6. The van der Waals surface area contributed by atoms with Gasteiger partial charge in [-0.25, -0.2) is 0 Å². The van der Waals surface area contributed by atoms with Gasteiger partial charge >= 0.3 is 0 Å². The van der Waals surface area contributed by atoms with Crippen molar-refractivity contribution in [1.29, 1.82) is 0 Å². The van der Waals surface area contributed by atoms with Crippen molar-refractivity contribution >= 4 is 5.69 Å². The largest absolute Gasteiger partial charge is 0.462 e. The average molecular weight is 447 g/mol. The lowest BCUT2D eigenvalue weighted by Gasteiger charge is -2.45. The molecule has 13 nitrogen and oxygen atoms in total. The van der Waals surface area contributed by atoms with Crippen molar-refractivity contribution in [2.45, 2.75) is 68.3 Å². The first-order valence-corrected chi connectivity index (χ1v) is 9.52. The molecule has 2 aliphatic heterocycles. The lowest BCUT2D eigenvalue weighted by atomic mass is 9.97. The number of nitro groups is 1. The summed E-state index contributed by atoms with van der Waals surface area (Å²) in [4.78, 5) is 10.2. The molecule has 3 rings (SSSR count). The molecule has 1 aromatic carbocycles. The average Bonchev–Trinajstić information content (AvgIpc) is 2.75. The number of aliphatic hydroxyl groups is 6. The van der Waals surface area contributed by atoms with Gasteiger partial charge in [0.1, 0.15) is 48.5 Å². The van der Waals surface area contributed by atoms with E-state index in [0.717, 1.165) is 0 Å². The molecule has 2 aliphatic rings. The molecule has 2 fully saturated rings. The van der Waals surface area contributed by atoms with Crippen LogP contribution < -0.4 is 4.74 Å². The number of benzene rings is 1. The van der Waals surface area contributed by atoms with Crippen LogP contribution in [0.1, 0.15) is 6.92 Å². The van der Waals surface area contributed by atoms with E-state index in [2.05, 4.69) is 0 Å². The molecule has 2 saturated heterocycles. The highest BCUT2D eigenvalue weighted by atomic mass is 16.7. The fourth-order valence-corrected chi connectivity index (χ4v) is 3.37. The minimum atomic E-state index is -1.69. The van der Waals surface area contributed by atoms with Crippen LogP contribution in [0.25, 0.3) is 0 Å². The minimum absolute atomic E-state index is 0.0996. The molecule has 0 bridgehead atoms. The fraction of sp³-hybridized carbons (Fsp3) is 0.667. The van der Waals surface area contributed by atoms with Crippen molar-refractivity contribution in [1.82, 2.24) is 0 Å². The van der Waals surface area contributed by atoms with Gasteiger partial charge < -0.3 is 49.6 Å². The summed E-state index contributed by atoms with van der Waals surface area (Å²) in [5, 5.41) is 71.2. The first-order chi connectivity index (χ1) is 14.6. The number of hydrogen-bond donors (Lipinski definition) is 6. The number of ether oxygens (including phenoxy) is 4. The maximum absolute atomic E-state index is 10.8. The Morgan fingerprint density at radius 3 is 2.16 bits per heavy atom. The van der Waals surface area contributed by atoms with Crippen LogP contribution in [-0.2, 0) is 14.2 Å². The Labute approximate surface area is 176 Å². The van der Waals surface area contributed by atoms with Crippen LogP contribution in [0.5, 0.6) is 5.75 Å². The van der Waals surface area contributed by atoms with Gasteiger partial charge in [0.25, 0.3) is 5.69 Å². The summed E-state index contributed by atoms with van der Waals surface area (Å²) in [6, 6.07) is 4.90. The van der Waals surface area contributed by atoms with Crippen molar-refractivity contribution < 1.29 is 54.5 Å². The molecule has 13 heteroatoms. The van der Waals surface area contributed by atoms with Crippen LogP contribution in [0.15, 0.2) is 24.3 Å². The van der Waals surface area contributed by atoms with Crippen LogP contribution in [-0.4, -0.2) is 104 Å². The molecule has 0 radical (unpaired) electrons. The summed E-state index contributed by atoms with van der Waals surface area (Å²) < 4.78 is 21.7.